The number of hydrogen-bond donors (Lipinski definition) is 0. The summed E-state index contributed by atoms with van der Waals surface area (Å²) in [5.74, 6) is -0.124. The quantitative estimate of drug-likeness (QED) is 0.742. The third-order valence-electron chi connectivity index (χ3n) is 5.63. The zero-order chi connectivity index (χ0) is 17.4. The van der Waals surface area contributed by atoms with E-state index in [1.807, 2.05) is 0 Å². The van der Waals surface area contributed by atoms with E-state index in [2.05, 4.69) is 13.8 Å². The minimum atomic E-state index is -3.60. The van der Waals surface area contributed by atoms with Crippen LogP contribution >= 0.6 is 0 Å². The summed E-state index contributed by atoms with van der Waals surface area (Å²) in [5, 5.41) is -0.897. The summed E-state index contributed by atoms with van der Waals surface area (Å²) in [4.78, 5) is 13.2. The van der Waals surface area contributed by atoms with Crippen LogP contribution in [0.5, 0.6) is 0 Å². The van der Waals surface area contributed by atoms with Crippen molar-refractivity contribution in [3.8, 4) is 0 Å². The van der Waals surface area contributed by atoms with Crippen molar-refractivity contribution < 1.29 is 13.2 Å². The second-order valence-corrected chi connectivity index (χ2v) is 9.83. The van der Waals surface area contributed by atoms with Gasteiger partial charge in [0.2, 0.25) is 0 Å². The lowest BCUT2D eigenvalue weighted by Gasteiger charge is -2.37. The first kappa shape index (κ1) is 17.4. The van der Waals surface area contributed by atoms with Gasteiger partial charge in [0, 0.05) is 6.42 Å². The Hall–Kier alpha value is -1.42. The van der Waals surface area contributed by atoms with Gasteiger partial charge in [-0.25, -0.2) is 8.42 Å². The molecule has 3 nitrogen and oxygen atoms in total. The van der Waals surface area contributed by atoms with E-state index >= 15 is 0 Å². The summed E-state index contributed by atoms with van der Waals surface area (Å²) < 4.78 is 25.9. The molecule has 0 heterocycles. The summed E-state index contributed by atoms with van der Waals surface area (Å²) in [6.07, 6.45) is 5.78. The Morgan fingerprint density at radius 3 is 2.42 bits per heavy atom. The van der Waals surface area contributed by atoms with Gasteiger partial charge >= 0.3 is 0 Å². The van der Waals surface area contributed by atoms with Gasteiger partial charge in [0.15, 0.2) is 15.6 Å². The standard InChI is InChI=1S/C20H26O3S/c1-20(2)13-7-9-15-8-6-12-19(18(21)14-17(15)20)24(22,23)16-10-4-3-5-11-16/h3-5,10-11,19H,6-9,12-14H2,1-2H3. The lowest BCUT2D eigenvalue weighted by atomic mass is 9.69. The summed E-state index contributed by atoms with van der Waals surface area (Å²) in [6.45, 7) is 4.38. The van der Waals surface area contributed by atoms with E-state index in [0.717, 1.165) is 25.7 Å². The number of allylic oxidation sites excluding steroid dienone is 2. The smallest absolute Gasteiger partial charge is 0.188 e. The van der Waals surface area contributed by atoms with Crippen molar-refractivity contribution in [3.05, 3.63) is 41.5 Å². The molecule has 1 unspecified atom stereocenters. The summed E-state index contributed by atoms with van der Waals surface area (Å²) >= 11 is 0. The average molecular weight is 346 g/mol. The first-order chi connectivity index (χ1) is 11.3. The molecule has 0 bridgehead atoms. The molecule has 130 valence electrons. The van der Waals surface area contributed by atoms with E-state index in [1.165, 1.54) is 17.6 Å². The van der Waals surface area contributed by atoms with Crippen molar-refractivity contribution in [3.63, 3.8) is 0 Å². The summed E-state index contributed by atoms with van der Waals surface area (Å²) in [5.41, 5.74) is 2.64. The molecule has 0 amide bonds. The maximum absolute atomic E-state index is 12.9. The van der Waals surface area contributed by atoms with E-state index in [4.69, 9.17) is 0 Å². The van der Waals surface area contributed by atoms with Gasteiger partial charge in [0.05, 0.1) is 4.90 Å². The largest absolute Gasteiger partial charge is 0.298 e. The molecule has 0 saturated heterocycles. The number of carbonyl (C=O) groups is 1. The molecule has 0 saturated carbocycles. The highest BCUT2D eigenvalue weighted by molar-refractivity contribution is 7.92. The number of benzene rings is 1. The predicted octanol–water partition coefficient (Wildman–Crippen LogP) is 4.48. The topological polar surface area (TPSA) is 51.2 Å². The number of rotatable bonds is 2. The Kier molecular flexibility index (Phi) is 4.69. The molecule has 0 spiro atoms. The van der Waals surface area contributed by atoms with E-state index < -0.39 is 15.1 Å². The fraction of sp³-hybridized carbons (Fsp3) is 0.550. The van der Waals surface area contributed by atoms with Crippen molar-refractivity contribution in [2.24, 2.45) is 5.41 Å². The van der Waals surface area contributed by atoms with Crippen molar-refractivity contribution >= 4 is 15.6 Å². The lowest BCUT2D eigenvalue weighted by Crippen LogP contribution is -2.34. The third-order valence-corrected chi connectivity index (χ3v) is 7.80. The second kappa shape index (κ2) is 6.47. The van der Waals surface area contributed by atoms with Gasteiger partial charge in [0.25, 0.3) is 0 Å². The molecule has 0 N–H and O–H groups in total. The summed E-state index contributed by atoms with van der Waals surface area (Å²) in [6, 6.07) is 8.41. The van der Waals surface area contributed by atoms with Crippen molar-refractivity contribution in [2.45, 2.75) is 68.9 Å². The Morgan fingerprint density at radius 1 is 1.04 bits per heavy atom. The maximum atomic E-state index is 12.9. The van der Waals surface area contributed by atoms with Crippen molar-refractivity contribution in [1.82, 2.24) is 0 Å². The van der Waals surface area contributed by atoms with Crippen LogP contribution in [0.1, 0.15) is 58.8 Å². The van der Waals surface area contributed by atoms with E-state index in [-0.39, 0.29) is 16.1 Å². The highest BCUT2D eigenvalue weighted by atomic mass is 32.2. The molecule has 1 aromatic rings. The van der Waals surface area contributed by atoms with E-state index in [1.54, 1.807) is 30.3 Å². The zero-order valence-corrected chi connectivity index (χ0v) is 15.4. The summed E-state index contributed by atoms with van der Waals surface area (Å²) in [7, 11) is -3.60. The van der Waals surface area contributed by atoms with Crippen LogP contribution in [0.25, 0.3) is 0 Å². The van der Waals surface area contributed by atoms with Gasteiger partial charge < -0.3 is 0 Å². The molecular formula is C20H26O3S. The molecule has 0 fully saturated rings. The first-order valence-electron chi connectivity index (χ1n) is 8.85. The number of carbonyl (C=O) groups excluding carboxylic acids is 1. The number of sulfone groups is 1. The SMILES string of the molecule is CC1(C)CCCC2=C1CC(=O)C(S(=O)(=O)c1ccccc1)CCC2. The Morgan fingerprint density at radius 2 is 1.71 bits per heavy atom. The molecule has 2 aliphatic rings. The Balaban J connectivity index is 1.94. The van der Waals surface area contributed by atoms with Crippen LogP contribution in [-0.2, 0) is 14.6 Å². The normalized spacial score (nSPS) is 24.9. The minimum Gasteiger partial charge on any atom is -0.298 e. The van der Waals surface area contributed by atoms with Gasteiger partial charge in [-0.05, 0) is 56.1 Å². The third kappa shape index (κ3) is 3.21. The van der Waals surface area contributed by atoms with Crippen LogP contribution in [0.4, 0.5) is 0 Å². The average Bonchev–Trinajstić information content (AvgIpc) is 2.52. The fourth-order valence-electron chi connectivity index (χ4n) is 4.22. The van der Waals surface area contributed by atoms with Crippen LogP contribution in [-0.4, -0.2) is 19.5 Å². The molecular weight excluding hydrogens is 320 g/mol. The fourth-order valence-corrected chi connectivity index (χ4v) is 5.99. The van der Waals surface area contributed by atoms with Gasteiger partial charge in [-0.15, -0.1) is 0 Å². The molecule has 0 radical (unpaired) electrons. The molecule has 4 heteroatoms. The first-order valence-corrected chi connectivity index (χ1v) is 10.4. The van der Waals surface area contributed by atoms with Gasteiger partial charge in [-0.3, -0.25) is 4.79 Å². The monoisotopic (exact) mass is 346 g/mol. The Labute approximate surface area is 145 Å². The van der Waals surface area contributed by atoms with E-state index in [9.17, 15) is 13.2 Å². The minimum absolute atomic E-state index is 0.0155. The second-order valence-electron chi connectivity index (χ2n) is 7.70. The van der Waals surface area contributed by atoms with Gasteiger partial charge in [-0.1, -0.05) is 43.2 Å². The van der Waals surface area contributed by atoms with Crippen molar-refractivity contribution in [1.29, 1.82) is 0 Å². The predicted molar refractivity (Wildman–Crippen MR) is 95.5 cm³/mol. The van der Waals surface area contributed by atoms with Crippen LogP contribution < -0.4 is 0 Å². The number of ketones is 1. The highest BCUT2D eigenvalue weighted by Gasteiger charge is 2.38. The van der Waals surface area contributed by atoms with E-state index in [0.29, 0.717) is 12.8 Å². The Bertz CT molecular complexity index is 757. The molecule has 3 rings (SSSR count). The van der Waals surface area contributed by atoms with Crippen LogP contribution in [0.2, 0.25) is 0 Å². The lowest BCUT2D eigenvalue weighted by molar-refractivity contribution is -0.118. The van der Waals surface area contributed by atoms with Gasteiger partial charge in [0.1, 0.15) is 5.25 Å². The molecule has 2 aliphatic carbocycles. The molecule has 1 atom stereocenters. The molecule has 1 aromatic carbocycles. The zero-order valence-electron chi connectivity index (χ0n) is 14.5. The van der Waals surface area contributed by atoms with Gasteiger partial charge in [-0.2, -0.15) is 0 Å². The van der Waals surface area contributed by atoms with Crippen LogP contribution in [0.3, 0.4) is 0 Å². The van der Waals surface area contributed by atoms with Crippen molar-refractivity contribution in [2.75, 3.05) is 0 Å². The number of Topliss-reactive ketones (excluding diaryl/α,β-unsaturated/α-hetero) is 1. The highest BCUT2D eigenvalue weighted by Crippen LogP contribution is 2.45. The molecule has 0 aromatic heterocycles. The van der Waals surface area contributed by atoms with Crippen LogP contribution in [0, 0.1) is 5.41 Å². The maximum Gasteiger partial charge on any atom is 0.188 e. The van der Waals surface area contributed by atoms with Crippen LogP contribution in [0.15, 0.2) is 46.4 Å². The molecule has 0 aliphatic heterocycles. The number of hydrogen-bond acceptors (Lipinski definition) is 3. The molecule has 24 heavy (non-hydrogen) atoms.